The number of aryl methyl sites for hydroxylation is 1. The molecule has 0 fully saturated rings. The minimum atomic E-state index is -0.664. The molecule has 0 amide bonds. The van der Waals surface area contributed by atoms with Gasteiger partial charge in [-0.2, -0.15) is 0 Å². The third-order valence-electron chi connectivity index (χ3n) is 5.06. The van der Waals surface area contributed by atoms with E-state index in [1.54, 1.807) is 6.92 Å². The highest BCUT2D eigenvalue weighted by Gasteiger charge is 2.33. The molecule has 0 spiro atoms. The maximum atomic E-state index is 11.9. The Morgan fingerprint density at radius 2 is 1.63 bits per heavy atom. The number of aromatic nitrogens is 1. The van der Waals surface area contributed by atoms with Crippen molar-refractivity contribution in [3.63, 3.8) is 0 Å². The molecule has 0 saturated carbocycles. The van der Waals surface area contributed by atoms with Crippen LogP contribution in [0.1, 0.15) is 41.0 Å². The molecule has 1 aromatic heterocycles. The smallest absolute Gasteiger partial charge is 0.333 e. The zero-order chi connectivity index (χ0) is 22.1. The van der Waals surface area contributed by atoms with Crippen LogP contribution in [0.15, 0.2) is 66.7 Å². The maximum Gasteiger partial charge on any atom is 0.333 e. The van der Waals surface area contributed by atoms with E-state index in [4.69, 9.17) is 9.47 Å². The molecule has 0 radical (unpaired) electrons. The van der Waals surface area contributed by atoms with Crippen LogP contribution in [0.3, 0.4) is 0 Å². The highest BCUT2D eigenvalue weighted by molar-refractivity contribution is 5.87. The zero-order valence-corrected chi connectivity index (χ0v) is 18.8. The molecule has 0 bridgehead atoms. The van der Waals surface area contributed by atoms with Gasteiger partial charge in [-0.25, -0.2) is 4.79 Å². The molecule has 0 aliphatic heterocycles. The van der Waals surface area contributed by atoms with E-state index < -0.39 is 11.2 Å². The molecule has 30 heavy (non-hydrogen) atoms. The molecular formula is C26H31NO3. The number of carbonyl (C=O) groups is 1. The lowest BCUT2D eigenvalue weighted by molar-refractivity contribution is -0.155. The number of hydrogen-bond donors (Lipinski definition) is 0. The van der Waals surface area contributed by atoms with E-state index in [-0.39, 0.29) is 5.97 Å². The molecule has 0 N–H and O–H groups in total. The summed E-state index contributed by atoms with van der Waals surface area (Å²) in [5, 5.41) is 1.22. The van der Waals surface area contributed by atoms with E-state index in [1.165, 1.54) is 10.9 Å². The van der Waals surface area contributed by atoms with Crippen LogP contribution < -0.4 is 4.74 Å². The fourth-order valence-corrected chi connectivity index (χ4v) is 4.01. The van der Waals surface area contributed by atoms with E-state index in [1.807, 2.05) is 39.8 Å². The van der Waals surface area contributed by atoms with Crippen LogP contribution in [-0.2, 0) is 16.6 Å². The fourth-order valence-electron chi connectivity index (χ4n) is 4.01. The predicted octanol–water partition coefficient (Wildman–Crippen LogP) is 6.29. The van der Waals surface area contributed by atoms with Crippen molar-refractivity contribution in [2.45, 2.75) is 52.2 Å². The average molecular weight is 406 g/mol. The first-order chi connectivity index (χ1) is 14.0. The third-order valence-corrected chi connectivity index (χ3v) is 5.06. The van der Waals surface area contributed by atoms with Gasteiger partial charge in [0.1, 0.15) is 17.0 Å². The predicted molar refractivity (Wildman–Crippen MR) is 123 cm³/mol. The second kappa shape index (κ2) is 8.02. The lowest BCUT2D eigenvalue weighted by Crippen LogP contribution is -2.40. The Morgan fingerprint density at radius 3 is 2.23 bits per heavy atom. The lowest BCUT2D eigenvalue weighted by atomic mass is 9.92. The van der Waals surface area contributed by atoms with Gasteiger partial charge in [0.15, 0.2) is 0 Å². The summed E-state index contributed by atoms with van der Waals surface area (Å²) in [6.07, 6.45) is 0.546. The highest BCUT2D eigenvalue weighted by atomic mass is 16.6. The van der Waals surface area contributed by atoms with Crippen LogP contribution in [0.5, 0.6) is 5.75 Å². The second-order valence-electron chi connectivity index (χ2n) is 9.14. The van der Waals surface area contributed by atoms with Gasteiger partial charge in [0.05, 0.1) is 0 Å². The van der Waals surface area contributed by atoms with Crippen molar-refractivity contribution >= 4 is 16.9 Å². The van der Waals surface area contributed by atoms with Gasteiger partial charge in [-0.05, 0) is 76.6 Å². The number of ether oxygens (including phenoxy) is 2. The first-order valence-corrected chi connectivity index (χ1v) is 10.2. The number of benzene rings is 2. The van der Waals surface area contributed by atoms with Crippen molar-refractivity contribution in [1.82, 2.24) is 4.57 Å². The summed E-state index contributed by atoms with van der Waals surface area (Å²) in [6.45, 7) is 13.1. The molecule has 0 atom stereocenters. The number of nitrogens with zero attached hydrogens (tertiary/aromatic N) is 1. The first kappa shape index (κ1) is 21.7. The summed E-state index contributed by atoms with van der Waals surface area (Å²) in [7, 11) is 2.08. The average Bonchev–Trinajstić information content (AvgIpc) is 2.97. The molecule has 0 unspecified atom stereocenters. The number of esters is 1. The van der Waals surface area contributed by atoms with Gasteiger partial charge in [-0.3, -0.25) is 0 Å². The van der Waals surface area contributed by atoms with Gasteiger partial charge in [0, 0.05) is 35.6 Å². The molecule has 2 aromatic carbocycles. The van der Waals surface area contributed by atoms with Crippen LogP contribution in [0.25, 0.3) is 22.2 Å². The number of fused-ring (bicyclic) bond motifs is 1. The molecule has 158 valence electrons. The summed E-state index contributed by atoms with van der Waals surface area (Å²) in [5.41, 5.74) is 2.72. The van der Waals surface area contributed by atoms with Crippen LogP contribution in [-0.4, -0.2) is 21.7 Å². The number of para-hydroxylation sites is 1. The molecule has 3 rings (SSSR count). The maximum absolute atomic E-state index is 11.9. The molecule has 0 aliphatic carbocycles. The van der Waals surface area contributed by atoms with Crippen LogP contribution in [0.4, 0.5) is 0 Å². The van der Waals surface area contributed by atoms with E-state index >= 15 is 0 Å². The van der Waals surface area contributed by atoms with Gasteiger partial charge in [-0.15, -0.1) is 0 Å². The van der Waals surface area contributed by atoms with E-state index in [0.717, 1.165) is 17.0 Å². The Balaban J connectivity index is 1.73. The van der Waals surface area contributed by atoms with E-state index in [0.29, 0.717) is 12.0 Å². The Labute approximate surface area is 179 Å². The number of carbonyl (C=O) groups excluding carboxylic acids is 1. The zero-order valence-electron chi connectivity index (χ0n) is 18.8. The lowest BCUT2D eigenvalue weighted by Gasteiger charge is -2.35. The van der Waals surface area contributed by atoms with Crippen LogP contribution in [0, 0.1) is 0 Å². The summed E-state index contributed by atoms with van der Waals surface area (Å²) in [4.78, 5) is 11.9. The minimum Gasteiger partial charge on any atom is -0.488 e. The largest absolute Gasteiger partial charge is 0.488 e. The van der Waals surface area contributed by atoms with Crippen molar-refractivity contribution in [3.05, 3.63) is 66.7 Å². The van der Waals surface area contributed by atoms with Crippen molar-refractivity contribution < 1.29 is 14.3 Å². The van der Waals surface area contributed by atoms with Gasteiger partial charge in [-0.1, -0.05) is 24.8 Å². The normalized spacial score (nSPS) is 12.1. The molecule has 0 aliphatic rings. The summed E-state index contributed by atoms with van der Waals surface area (Å²) in [6, 6.07) is 18.7. The molecule has 4 nitrogen and oxygen atoms in total. The number of hydrogen-bond acceptors (Lipinski definition) is 3. The summed E-state index contributed by atoms with van der Waals surface area (Å²) < 4.78 is 14.0. The first-order valence-electron chi connectivity index (χ1n) is 10.2. The second-order valence-corrected chi connectivity index (χ2v) is 9.14. The van der Waals surface area contributed by atoms with E-state index in [2.05, 4.69) is 60.7 Å². The van der Waals surface area contributed by atoms with Gasteiger partial charge in [0.25, 0.3) is 0 Å². The Bertz CT molecular complexity index is 1070. The minimum absolute atomic E-state index is 0.380. The fraction of sp³-hybridized carbons (Fsp3) is 0.346. The third kappa shape index (κ3) is 4.93. The topological polar surface area (TPSA) is 40.5 Å². The van der Waals surface area contributed by atoms with Gasteiger partial charge >= 0.3 is 5.97 Å². The van der Waals surface area contributed by atoms with Crippen molar-refractivity contribution in [3.8, 4) is 17.0 Å². The van der Waals surface area contributed by atoms with Gasteiger partial charge < -0.3 is 14.0 Å². The number of rotatable bonds is 7. The van der Waals surface area contributed by atoms with Crippen LogP contribution >= 0.6 is 0 Å². The van der Waals surface area contributed by atoms with Crippen LogP contribution in [0.2, 0.25) is 0 Å². The standard InChI is InChI=1S/C26H31NO3/c1-18(2)24(28)30-26(5,6)17-25(3,4)29-21-14-12-19(13-15-21)23-16-20-10-8-9-11-22(20)27(23)7/h8-16H,1,17H2,2-7H3. The van der Waals surface area contributed by atoms with Crippen molar-refractivity contribution in [2.75, 3.05) is 0 Å². The SMILES string of the molecule is C=C(C)C(=O)OC(C)(C)CC(C)(C)Oc1ccc(-c2cc3ccccc3n2C)cc1. The highest BCUT2D eigenvalue weighted by Crippen LogP contribution is 2.32. The molecule has 1 heterocycles. The Hall–Kier alpha value is -3.01. The monoisotopic (exact) mass is 405 g/mol. The summed E-state index contributed by atoms with van der Waals surface area (Å²) >= 11 is 0. The Kier molecular flexibility index (Phi) is 5.80. The molecule has 4 heteroatoms. The van der Waals surface area contributed by atoms with E-state index in [9.17, 15) is 4.79 Å². The quantitative estimate of drug-likeness (QED) is 0.342. The van der Waals surface area contributed by atoms with Gasteiger partial charge in [0.2, 0.25) is 0 Å². The Morgan fingerprint density at radius 1 is 1.00 bits per heavy atom. The molecular weight excluding hydrogens is 374 g/mol. The molecule has 0 saturated heterocycles. The molecule has 3 aromatic rings. The van der Waals surface area contributed by atoms with Crippen molar-refractivity contribution in [2.24, 2.45) is 7.05 Å². The van der Waals surface area contributed by atoms with Crippen molar-refractivity contribution in [1.29, 1.82) is 0 Å². The summed E-state index contributed by atoms with van der Waals surface area (Å²) in [5.74, 6) is 0.402.